The molecular formula is C14H12O2. The van der Waals surface area contributed by atoms with Crippen LogP contribution in [0.3, 0.4) is 0 Å². The number of phenols is 2. The Bertz CT molecular complexity index is 586. The van der Waals surface area contributed by atoms with Crippen LogP contribution in [0.4, 0.5) is 0 Å². The fourth-order valence-electron chi connectivity index (χ4n) is 2.38. The van der Waals surface area contributed by atoms with Crippen LogP contribution >= 0.6 is 0 Å². The van der Waals surface area contributed by atoms with E-state index in [4.69, 9.17) is 0 Å². The van der Waals surface area contributed by atoms with E-state index in [0.29, 0.717) is 12.0 Å². The molecule has 0 saturated carbocycles. The molecule has 2 nitrogen and oxygen atoms in total. The molecule has 0 spiro atoms. The first-order valence-electron chi connectivity index (χ1n) is 5.31. The lowest BCUT2D eigenvalue weighted by Crippen LogP contribution is -1.85. The van der Waals surface area contributed by atoms with E-state index in [0.717, 1.165) is 16.7 Å². The molecular weight excluding hydrogens is 200 g/mol. The maximum Gasteiger partial charge on any atom is 0.161 e. The van der Waals surface area contributed by atoms with E-state index in [1.807, 2.05) is 18.2 Å². The van der Waals surface area contributed by atoms with Gasteiger partial charge in [-0.05, 0) is 35.2 Å². The van der Waals surface area contributed by atoms with Crippen molar-refractivity contribution < 1.29 is 10.2 Å². The maximum absolute atomic E-state index is 9.92. The van der Waals surface area contributed by atoms with Crippen molar-refractivity contribution in [3.63, 3.8) is 0 Å². The van der Waals surface area contributed by atoms with E-state index in [2.05, 4.69) is 12.1 Å². The largest absolute Gasteiger partial charge is 0.504 e. The van der Waals surface area contributed by atoms with Gasteiger partial charge in [-0.3, -0.25) is 0 Å². The summed E-state index contributed by atoms with van der Waals surface area (Å²) in [6, 6.07) is 10.0. The van der Waals surface area contributed by atoms with Crippen LogP contribution in [0.5, 0.6) is 11.5 Å². The average Bonchev–Trinajstić information content (AvgIpc) is 2.65. The second kappa shape index (κ2) is 3.01. The van der Waals surface area contributed by atoms with Gasteiger partial charge in [0.2, 0.25) is 0 Å². The third-order valence-corrected chi connectivity index (χ3v) is 3.24. The number of hydrogen-bond acceptors (Lipinski definition) is 2. The topological polar surface area (TPSA) is 40.5 Å². The van der Waals surface area contributed by atoms with E-state index < -0.39 is 0 Å². The van der Waals surface area contributed by atoms with Crippen LogP contribution in [0.1, 0.15) is 16.7 Å². The summed E-state index contributed by atoms with van der Waals surface area (Å²) in [6.45, 7) is 1.80. The molecule has 80 valence electrons. The Labute approximate surface area is 93.8 Å². The second-order valence-electron chi connectivity index (χ2n) is 4.25. The fourth-order valence-corrected chi connectivity index (χ4v) is 2.38. The lowest BCUT2D eigenvalue weighted by Gasteiger charge is -2.08. The molecule has 0 saturated heterocycles. The molecule has 2 heteroatoms. The number of fused-ring (bicyclic) bond motifs is 3. The van der Waals surface area contributed by atoms with E-state index >= 15 is 0 Å². The zero-order valence-corrected chi connectivity index (χ0v) is 8.99. The number of phenolic OH excluding ortho intramolecular Hbond substituents is 2. The van der Waals surface area contributed by atoms with Gasteiger partial charge in [0.05, 0.1) is 0 Å². The van der Waals surface area contributed by atoms with Crippen LogP contribution in [0, 0.1) is 6.92 Å². The number of aromatic hydroxyl groups is 2. The Morgan fingerprint density at radius 1 is 1.00 bits per heavy atom. The minimum atomic E-state index is 0.00607. The molecule has 0 aliphatic heterocycles. The summed E-state index contributed by atoms with van der Waals surface area (Å²) in [5.41, 5.74) is 4.97. The van der Waals surface area contributed by atoms with Crippen molar-refractivity contribution in [1.29, 1.82) is 0 Å². The van der Waals surface area contributed by atoms with Crippen molar-refractivity contribution in [1.82, 2.24) is 0 Å². The normalized spacial score (nSPS) is 12.3. The van der Waals surface area contributed by atoms with Crippen LogP contribution in [0.2, 0.25) is 0 Å². The second-order valence-corrected chi connectivity index (χ2v) is 4.25. The van der Waals surface area contributed by atoms with E-state index in [1.54, 1.807) is 6.92 Å². The molecule has 0 amide bonds. The predicted octanol–water partition coefficient (Wildman–Crippen LogP) is 2.98. The van der Waals surface area contributed by atoms with Gasteiger partial charge in [0.25, 0.3) is 0 Å². The minimum absolute atomic E-state index is 0.00607. The molecule has 1 aliphatic rings. The van der Waals surface area contributed by atoms with Gasteiger partial charge in [0.1, 0.15) is 0 Å². The average molecular weight is 212 g/mol. The molecule has 2 aromatic carbocycles. The zero-order valence-electron chi connectivity index (χ0n) is 8.99. The number of hydrogen-bond donors (Lipinski definition) is 2. The highest BCUT2D eigenvalue weighted by Gasteiger charge is 2.23. The summed E-state index contributed by atoms with van der Waals surface area (Å²) in [7, 11) is 0. The Balaban J connectivity index is 2.34. The van der Waals surface area contributed by atoms with Crippen LogP contribution in [-0.4, -0.2) is 10.2 Å². The molecule has 16 heavy (non-hydrogen) atoms. The highest BCUT2D eigenvalue weighted by molar-refractivity contribution is 5.81. The molecule has 2 aromatic rings. The molecule has 0 fully saturated rings. The Morgan fingerprint density at radius 2 is 1.75 bits per heavy atom. The highest BCUT2D eigenvalue weighted by Crippen LogP contribution is 2.45. The Kier molecular flexibility index (Phi) is 1.75. The van der Waals surface area contributed by atoms with E-state index in [-0.39, 0.29) is 11.5 Å². The third kappa shape index (κ3) is 1.07. The van der Waals surface area contributed by atoms with Crippen molar-refractivity contribution in [2.24, 2.45) is 0 Å². The smallest absolute Gasteiger partial charge is 0.161 e. The molecule has 0 aromatic heterocycles. The molecule has 1 aliphatic carbocycles. The fraction of sp³-hybridized carbons (Fsp3) is 0.143. The number of rotatable bonds is 0. The molecule has 0 radical (unpaired) electrons. The van der Waals surface area contributed by atoms with Gasteiger partial charge in [-0.25, -0.2) is 0 Å². The summed E-state index contributed by atoms with van der Waals surface area (Å²) in [5.74, 6) is 0.0396. The van der Waals surface area contributed by atoms with Gasteiger partial charge >= 0.3 is 0 Å². The summed E-state index contributed by atoms with van der Waals surface area (Å²) in [4.78, 5) is 0. The van der Waals surface area contributed by atoms with E-state index in [9.17, 15) is 10.2 Å². The summed E-state index contributed by atoms with van der Waals surface area (Å²) < 4.78 is 0. The quantitative estimate of drug-likeness (QED) is 0.562. The van der Waals surface area contributed by atoms with E-state index in [1.165, 1.54) is 5.56 Å². The molecule has 0 atom stereocenters. The van der Waals surface area contributed by atoms with Crippen LogP contribution < -0.4 is 0 Å². The first kappa shape index (κ1) is 9.28. The van der Waals surface area contributed by atoms with Gasteiger partial charge in [-0.1, -0.05) is 24.3 Å². The summed E-state index contributed by atoms with van der Waals surface area (Å²) in [6.07, 6.45) is 0.700. The Hall–Kier alpha value is -1.96. The lowest BCUT2D eigenvalue weighted by atomic mass is 10.0. The zero-order chi connectivity index (χ0) is 11.3. The maximum atomic E-state index is 9.92. The van der Waals surface area contributed by atoms with Crippen LogP contribution in [-0.2, 0) is 6.42 Å². The van der Waals surface area contributed by atoms with Crippen molar-refractivity contribution in [2.45, 2.75) is 13.3 Å². The monoisotopic (exact) mass is 212 g/mol. The van der Waals surface area contributed by atoms with Gasteiger partial charge in [0.15, 0.2) is 11.5 Å². The minimum Gasteiger partial charge on any atom is -0.504 e. The van der Waals surface area contributed by atoms with Gasteiger partial charge < -0.3 is 10.2 Å². The van der Waals surface area contributed by atoms with Crippen molar-refractivity contribution in [3.8, 4) is 22.6 Å². The highest BCUT2D eigenvalue weighted by atomic mass is 16.3. The third-order valence-electron chi connectivity index (χ3n) is 3.24. The molecule has 0 bridgehead atoms. The standard InChI is InChI=1S/C14H12O2/c1-8-6-11-10-5-3-2-4-9(10)7-12(11)14(16)13(8)15/h2-6,15-16H,7H2,1H3. The van der Waals surface area contributed by atoms with Crippen molar-refractivity contribution in [3.05, 3.63) is 47.0 Å². The predicted molar refractivity (Wildman–Crippen MR) is 62.8 cm³/mol. The van der Waals surface area contributed by atoms with Gasteiger partial charge in [0, 0.05) is 12.0 Å². The van der Waals surface area contributed by atoms with Gasteiger partial charge in [-0.2, -0.15) is 0 Å². The van der Waals surface area contributed by atoms with Gasteiger partial charge in [-0.15, -0.1) is 0 Å². The Morgan fingerprint density at radius 3 is 2.56 bits per heavy atom. The van der Waals surface area contributed by atoms with Crippen LogP contribution in [0.25, 0.3) is 11.1 Å². The first-order chi connectivity index (χ1) is 7.68. The van der Waals surface area contributed by atoms with Crippen LogP contribution in [0.15, 0.2) is 30.3 Å². The SMILES string of the molecule is Cc1cc2c(c(O)c1O)Cc1ccccc1-2. The number of benzene rings is 2. The summed E-state index contributed by atoms with van der Waals surface area (Å²) >= 11 is 0. The molecule has 2 N–H and O–H groups in total. The first-order valence-corrected chi connectivity index (χ1v) is 5.31. The van der Waals surface area contributed by atoms with Crippen molar-refractivity contribution >= 4 is 0 Å². The van der Waals surface area contributed by atoms with Crippen molar-refractivity contribution in [2.75, 3.05) is 0 Å². The molecule has 0 heterocycles. The number of aryl methyl sites for hydroxylation is 1. The molecule has 3 rings (SSSR count). The molecule has 0 unspecified atom stereocenters. The lowest BCUT2D eigenvalue weighted by molar-refractivity contribution is 0.398. The summed E-state index contributed by atoms with van der Waals surface area (Å²) in [5, 5.41) is 19.6.